The third-order valence-corrected chi connectivity index (χ3v) is 7.10. The van der Waals surface area contributed by atoms with Gasteiger partial charge >= 0.3 is 0 Å². The molecular weight excluding hydrogens is 467 g/mol. The first-order valence-electron chi connectivity index (χ1n) is 11.1. The molecule has 8 nitrogen and oxygen atoms in total. The average molecular weight is 493 g/mol. The number of primary amides is 1. The van der Waals surface area contributed by atoms with Crippen LogP contribution >= 0.6 is 23.2 Å². The summed E-state index contributed by atoms with van der Waals surface area (Å²) >= 11 is 12.4. The van der Waals surface area contributed by atoms with E-state index in [4.69, 9.17) is 28.9 Å². The van der Waals surface area contributed by atoms with Gasteiger partial charge in [-0.2, -0.15) is 0 Å². The molecule has 0 radical (unpaired) electrons. The van der Waals surface area contributed by atoms with Crippen LogP contribution in [0.1, 0.15) is 49.0 Å². The van der Waals surface area contributed by atoms with Crippen LogP contribution in [0.2, 0.25) is 10.0 Å². The number of carbonyl (C=O) groups is 4. The first-order chi connectivity index (χ1) is 15.7. The van der Waals surface area contributed by atoms with E-state index < -0.39 is 23.8 Å². The number of hydrogen-bond donors (Lipinski definition) is 4. The first kappa shape index (κ1) is 23.6. The van der Waals surface area contributed by atoms with Crippen molar-refractivity contribution in [3.8, 4) is 0 Å². The van der Waals surface area contributed by atoms with Crippen molar-refractivity contribution in [3.05, 3.63) is 33.9 Å². The molecule has 0 spiro atoms. The second kappa shape index (κ2) is 9.73. The van der Waals surface area contributed by atoms with Crippen molar-refractivity contribution in [2.24, 2.45) is 23.5 Å². The van der Waals surface area contributed by atoms with Gasteiger partial charge in [-0.25, -0.2) is 0 Å². The Bertz CT molecular complexity index is 1070. The molecule has 5 N–H and O–H groups in total. The molecule has 1 aliphatic heterocycles. The number of benzene rings is 1. The van der Waals surface area contributed by atoms with Gasteiger partial charge in [-0.15, -0.1) is 0 Å². The summed E-state index contributed by atoms with van der Waals surface area (Å²) in [6.45, 7) is 0.542. The van der Waals surface area contributed by atoms with E-state index in [-0.39, 0.29) is 30.4 Å². The summed E-state index contributed by atoms with van der Waals surface area (Å²) in [5.74, 6) is -2.08. The van der Waals surface area contributed by atoms with Gasteiger partial charge in [-0.3, -0.25) is 19.2 Å². The number of ketones is 1. The van der Waals surface area contributed by atoms with E-state index in [0.717, 1.165) is 12.8 Å². The van der Waals surface area contributed by atoms with Gasteiger partial charge in [0.2, 0.25) is 17.7 Å². The number of nitrogens with two attached hydrogens (primary N) is 1. The molecule has 33 heavy (non-hydrogen) atoms. The summed E-state index contributed by atoms with van der Waals surface area (Å²) in [7, 11) is 0. The molecule has 4 rings (SSSR count). The van der Waals surface area contributed by atoms with Crippen molar-refractivity contribution in [1.29, 1.82) is 0 Å². The Morgan fingerprint density at radius 1 is 1.12 bits per heavy atom. The Labute approximate surface area is 200 Å². The van der Waals surface area contributed by atoms with Crippen LogP contribution in [-0.4, -0.2) is 41.1 Å². The molecule has 1 aromatic carbocycles. The minimum absolute atomic E-state index is 0.0280. The topological polar surface area (TPSA) is 134 Å². The maximum atomic E-state index is 13.1. The summed E-state index contributed by atoms with van der Waals surface area (Å²) in [4.78, 5) is 53.0. The van der Waals surface area contributed by atoms with Gasteiger partial charge in [-0.1, -0.05) is 36.0 Å². The molecular formula is C23H26Cl2N4O4. The molecule has 3 atom stereocenters. The first-order valence-corrected chi connectivity index (χ1v) is 11.9. The van der Waals surface area contributed by atoms with Crippen LogP contribution < -0.4 is 16.4 Å². The van der Waals surface area contributed by atoms with Crippen LogP contribution in [-0.2, 0) is 14.4 Å². The van der Waals surface area contributed by atoms with Crippen molar-refractivity contribution in [2.45, 2.75) is 44.6 Å². The number of aromatic amines is 1. The highest BCUT2D eigenvalue weighted by atomic mass is 35.5. The van der Waals surface area contributed by atoms with E-state index in [9.17, 15) is 19.2 Å². The summed E-state index contributed by atoms with van der Waals surface area (Å²) in [6, 6.07) is 3.98. The molecule has 0 bridgehead atoms. The number of aromatic nitrogens is 1. The van der Waals surface area contributed by atoms with E-state index in [1.807, 2.05) is 0 Å². The molecule has 2 fully saturated rings. The molecule has 10 heteroatoms. The Kier molecular flexibility index (Phi) is 6.95. The number of hydrogen-bond acceptors (Lipinski definition) is 4. The van der Waals surface area contributed by atoms with Crippen LogP contribution in [0, 0.1) is 17.8 Å². The van der Waals surface area contributed by atoms with Gasteiger partial charge in [-0.05, 0) is 43.4 Å². The monoisotopic (exact) mass is 492 g/mol. The summed E-state index contributed by atoms with van der Waals surface area (Å²) < 4.78 is 0. The second-order valence-electron chi connectivity index (χ2n) is 8.98. The van der Waals surface area contributed by atoms with Crippen LogP contribution in [0.3, 0.4) is 0 Å². The third-order valence-electron chi connectivity index (χ3n) is 6.45. The molecule has 0 unspecified atom stereocenters. The Morgan fingerprint density at radius 2 is 1.85 bits per heavy atom. The molecule has 3 amide bonds. The number of H-pyrrole nitrogens is 1. The Balaban J connectivity index is 1.47. The summed E-state index contributed by atoms with van der Waals surface area (Å²) in [5.41, 5.74) is 6.39. The van der Waals surface area contributed by atoms with Crippen LogP contribution in [0.4, 0.5) is 0 Å². The van der Waals surface area contributed by atoms with Gasteiger partial charge < -0.3 is 21.4 Å². The highest BCUT2D eigenvalue weighted by Crippen LogP contribution is 2.37. The zero-order valence-corrected chi connectivity index (χ0v) is 19.5. The Morgan fingerprint density at radius 3 is 2.45 bits per heavy atom. The SMILES string of the molecule is NC(=O)[C@H](C[C@@H]1CCNC1=O)NC(=O)[C@@H](CC(=O)c1cc2c(Cl)ccc(Cl)c2[nH]1)CC1CC1. The zero-order chi connectivity index (χ0) is 23.7. The fourth-order valence-corrected chi connectivity index (χ4v) is 4.79. The molecule has 1 aliphatic carbocycles. The van der Waals surface area contributed by atoms with E-state index in [1.54, 1.807) is 18.2 Å². The number of nitrogens with one attached hydrogen (secondary N) is 3. The van der Waals surface area contributed by atoms with E-state index >= 15 is 0 Å². The lowest BCUT2D eigenvalue weighted by Crippen LogP contribution is -2.48. The largest absolute Gasteiger partial charge is 0.368 e. The van der Waals surface area contributed by atoms with Crippen molar-refractivity contribution in [2.75, 3.05) is 6.54 Å². The predicted octanol–water partition coefficient (Wildman–Crippen LogP) is 2.96. The van der Waals surface area contributed by atoms with Gasteiger partial charge in [0, 0.05) is 30.2 Å². The minimum atomic E-state index is -0.964. The van der Waals surface area contributed by atoms with Crippen molar-refractivity contribution < 1.29 is 19.2 Å². The van der Waals surface area contributed by atoms with E-state index in [2.05, 4.69) is 15.6 Å². The van der Waals surface area contributed by atoms with Gasteiger partial charge in [0.25, 0.3) is 0 Å². The van der Waals surface area contributed by atoms with Crippen LogP contribution in [0.25, 0.3) is 10.9 Å². The fourth-order valence-electron chi connectivity index (χ4n) is 4.36. The minimum Gasteiger partial charge on any atom is -0.368 e. The van der Waals surface area contributed by atoms with E-state index in [0.29, 0.717) is 51.9 Å². The predicted molar refractivity (Wildman–Crippen MR) is 125 cm³/mol. The lowest BCUT2D eigenvalue weighted by molar-refractivity contribution is -0.131. The highest BCUT2D eigenvalue weighted by Gasteiger charge is 2.35. The molecule has 2 aliphatic rings. The zero-order valence-electron chi connectivity index (χ0n) is 18.0. The van der Waals surface area contributed by atoms with Gasteiger partial charge in [0.1, 0.15) is 6.04 Å². The number of halogens is 2. The molecule has 1 saturated carbocycles. The number of rotatable bonds is 10. The molecule has 1 aromatic heterocycles. The molecule has 176 valence electrons. The number of Topliss-reactive ketones (excluding diaryl/α,β-unsaturated/α-hetero) is 1. The van der Waals surface area contributed by atoms with E-state index in [1.165, 1.54) is 0 Å². The van der Waals surface area contributed by atoms with Crippen molar-refractivity contribution >= 4 is 57.6 Å². The van der Waals surface area contributed by atoms with Gasteiger partial charge in [0.05, 0.1) is 21.3 Å². The number of amides is 3. The normalized spacial score (nSPS) is 19.8. The van der Waals surface area contributed by atoms with Crippen molar-refractivity contribution in [1.82, 2.24) is 15.6 Å². The fraction of sp³-hybridized carbons (Fsp3) is 0.478. The standard InChI is InChI=1S/C23H26Cl2N4O4/c24-15-3-4-16(25)20-14(15)10-17(28-20)19(30)9-13(7-11-1-2-11)23(33)29-18(21(26)31)8-12-5-6-27-22(12)32/h3-4,10-13,18,28H,1-2,5-9H2,(H2,26,31)(H,27,32)(H,29,33)/t12-,13+,18-/m0/s1. The van der Waals surface area contributed by atoms with Crippen LogP contribution in [0.15, 0.2) is 18.2 Å². The Hall–Kier alpha value is -2.58. The summed E-state index contributed by atoms with van der Waals surface area (Å²) in [6.07, 6.45) is 3.28. The maximum Gasteiger partial charge on any atom is 0.240 e. The average Bonchev–Trinajstić information content (AvgIpc) is 3.30. The lowest BCUT2D eigenvalue weighted by atomic mass is 9.92. The maximum absolute atomic E-state index is 13.1. The molecule has 1 saturated heterocycles. The number of fused-ring (bicyclic) bond motifs is 1. The molecule has 2 heterocycles. The lowest BCUT2D eigenvalue weighted by Gasteiger charge is -2.22. The molecule has 2 aromatic rings. The van der Waals surface area contributed by atoms with Gasteiger partial charge in [0.15, 0.2) is 5.78 Å². The smallest absolute Gasteiger partial charge is 0.240 e. The van der Waals surface area contributed by atoms with Crippen LogP contribution in [0.5, 0.6) is 0 Å². The quantitative estimate of drug-likeness (QED) is 0.379. The second-order valence-corrected chi connectivity index (χ2v) is 9.79. The highest BCUT2D eigenvalue weighted by molar-refractivity contribution is 6.40. The number of carbonyl (C=O) groups excluding carboxylic acids is 4. The van der Waals surface area contributed by atoms with Crippen molar-refractivity contribution in [3.63, 3.8) is 0 Å². The summed E-state index contributed by atoms with van der Waals surface area (Å²) in [5, 5.41) is 6.97. The third kappa shape index (κ3) is 5.50.